The molecule has 0 amide bonds. The smallest absolute Gasteiger partial charge is 0.748 e. The van der Waals surface area contributed by atoms with Gasteiger partial charge in [0.2, 0.25) is 0 Å². The first-order valence-corrected chi connectivity index (χ1v) is 10.9. The minimum absolute atomic E-state index is 0. The van der Waals surface area contributed by atoms with Crippen LogP contribution < -0.4 is 0 Å². The van der Waals surface area contributed by atoms with E-state index in [4.69, 9.17) is 0 Å². The molecule has 0 fully saturated rings. The van der Waals surface area contributed by atoms with Crippen LogP contribution in [-0.4, -0.2) is 166 Å². The Hall–Kier alpha value is 2.60. The third-order valence-electron chi connectivity index (χ3n) is 1.93. The Morgan fingerprint density at radius 1 is 0.478 bits per heavy atom. The minimum atomic E-state index is -5.46. The van der Waals surface area contributed by atoms with Crippen LogP contribution in [0.1, 0.15) is 0 Å². The molecule has 0 heterocycles. The molecule has 128 valence electrons. The van der Waals surface area contributed by atoms with E-state index >= 15 is 0 Å². The first-order valence-electron chi connectivity index (χ1n) is 4.57. The van der Waals surface area contributed by atoms with Crippen molar-refractivity contribution in [2.75, 3.05) is 23.0 Å². The molecule has 0 saturated carbocycles. The molecule has 0 atom stereocenters. The van der Waals surface area contributed by atoms with Crippen molar-refractivity contribution in [2.24, 2.45) is 5.41 Å². The maximum Gasteiger partial charge on any atom is 2.00 e. The summed E-state index contributed by atoms with van der Waals surface area (Å²) in [5.74, 6) is -7.98. The van der Waals surface area contributed by atoms with Crippen LogP contribution in [-0.2, 0) is 40.5 Å². The first kappa shape index (κ1) is 30.3. The van der Waals surface area contributed by atoms with Crippen molar-refractivity contribution in [2.45, 2.75) is 0 Å². The van der Waals surface area contributed by atoms with Gasteiger partial charge in [-0.05, 0) is 0 Å². The second-order valence-corrected chi connectivity index (χ2v) is 9.92. The predicted molar refractivity (Wildman–Crippen MR) is 72.2 cm³/mol. The Morgan fingerprint density at radius 2 is 0.609 bits per heavy atom. The summed E-state index contributed by atoms with van der Waals surface area (Å²) in [6.07, 6.45) is 0. The zero-order chi connectivity index (χ0) is 17.3. The van der Waals surface area contributed by atoms with Gasteiger partial charge in [0.1, 0.15) is 0 Å². The molecule has 0 aromatic carbocycles. The van der Waals surface area contributed by atoms with E-state index in [-0.39, 0.29) is 91.0 Å². The van der Waals surface area contributed by atoms with Crippen molar-refractivity contribution < 1.29 is 51.9 Å². The summed E-state index contributed by atoms with van der Waals surface area (Å²) in [6, 6.07) is 0. The van der Waals surface area contributed by atoms with Gasteiger partial charge in [-0.3, -0.25) is 0 Å². The topological polar surface area (TPSA) is 229 Å². The predicted octanol–water partition coefficient (Wildman–Crippen LogP) is -4.61. The van der Waals surface area contributed by atoms with Crippen molar-refractivity contribution in [1.29, 1.82) is 0 Å². The molecule has 0 saturated heterocycles. The Balaban J connectivity index is -0.00000200. The number of hydrogen-bond acceptors (Lipinski definition) is 12. The normalized spacial score (nSPS) is 13.7. The summed E-state index contributed by atoms with van der Waals surface area (Å²) in [4.78, 5) is 0. The van der Waals surface area contributed by atoms with E-state index in [1.165, 1.54) is 0 Å². The van der Waals surface area contributed by atoms with Gasteiger partial charge in [-0.15, -0.1) is 0 Å². The molecule has 0 rings (SSSR count). The summed E-state index contributed by atoms with van der Waals surface area (Å²) in [6.45, 7) is 0. The molecule has 12 nitrogen and oxygen atoms in total. The van der Waals surface area contributed by atoms with Gasteiger partial charge < -0.3 is 18.2 Å². The second kappa shape index (κ2) is 10.2. The van der Waals surface area contributed by atoms with Crippen molar-refractivity contribution in [1.82, 2.24) is 0 Å². The van der Waals surface area contributed by atoms with Crippen LogP contribution in [0.5, 0.6) is 0 Å². The molecule has 0 aliphatic carbocycles. The van der Waals surface area contributed by atoms with E-state index < -0.39 is 68.9 Å². The summed E-state index contributed by atoms with van der Waals surface area (Å²) in [5, 5.41) is 0. The summed E-state index contributed by atoms with van der Waals surface area (Å²) < 4.78 is 128. The summed E-state index contributed by atoms with van der Waals surface area (Å²) >= 11 is 0. The molecular weight excluding hydrogens is 556 g/mol. The molecule has 18 heteroatoms. The Bertz CT molecular complexity index is 650. The van der Waals surface area contributed by atoms with Crippen molar-refractivity contribution >= 4 is 131 Å². The van der Waals surface area contributed by atoms with E-state index in [0.717, 1.165) is 0 Å². The Morgan fingerprint density at radius 3 is 0.696 bits per heavy atom. The van der Waals surface area contributed by atoms with Gasteiger partial charge in [-0.25, -0.2) is 33.7 Å². The molecule has 0 aliphatic rings. The SMILES string of the molecule is O=S(=O)([O-])CC(CS(=O)(=O)[O-])(CS(=O)(=O)[O-])CS(=O)(=O)[O-].[Sr+2].[Sr+2]. The van der Waals surface area contributed by atoms with Crippen LogP contribution in [0.15, 0.2) is 0 Å². The summed E-state index contributed by atoms with van der Waals surface area (Å²) in [7, 11) is -21.8. The molecule has 0 N–H and O–H groups in total. The third kappa shape index (κ3) is 17.8. The fourth-order valence-corrected chi connectivity index (χ4v) is 6.75. The van der Waals surface area contributed by atoms with E-state index in [2.05, 4.69) is 0 Å². The second-order valence-electron chi connectivity index (χ2n) is 4.31. The van der Waals surface area contributed by atoms with E-state index in [1.54, 1.807) is 0 Å². The number of rotatable bonds is 8. The van der Waals surface area contributed by atoms with Gasteiger partial charge >= 0.3 is 91.0 Å². The van der Waals surface area contributed by atoms with Gasteiger partial charge in [0.25, 0.3) is 0 Å². The average Bonchev–Trinajstić information content (AvgIpc) is 1.83. The van der Waals surface area contributed by atoms with Crippen LogP contribution in [0.25, 0.3) is 0 Å². The Kier molecular flexibility index (Phi) is 13.5. The van der Waals surface area contributed by atoms with Crippen LogP contribution in [0, 0.1) is 5.41 Å². The van der Waals surface area contributed by atoms with Crippen LogP contribution in [0.3, 0.4) is 0 Å². The largest absolute Gasteiger partial charge is 2.00 e. The van der Waals surface area contributed by atoms with Crippen LogP contribution >= 0.6 is 0 Å². The average molecular weight is 564 g/mol. The van der Waals surface area contributed by atoms with E-state index in [9.17, 15) is 51.9 Å². The van der Waals surface area contributed by atoms with Gasteiger partial charge in [0, 0.05) is 28.4 Å². The maximum absolute atomic E-state index is 10.7. The molecule has 0 spiro atoms. The standard InChI is InChI=1S/C5H12O12S4.2Sr/c6-18(7,8)1-5(2-19(9,10)11,3-20(12,13)14)4-21(15,16)17;;/h1-4H2,(H,6,7,8)(H,9,10,11)(H,12,13,14)(H,15,16,17);;/q;2*+2/p-4. The van der Waals surface area contributed by atoms with Crippen LogP contribution in [0.2, 0.25) is 0 Å². The maximum atomic E-state index is 10.7. The molecular formula is C5H8O12S4Sr2. The van der Waals surface area contributed by atoms with Crippen molar-refractivity contribution in [3.05, 3.63) is 0 Å². The fraction of sp³-hybridized carbons (Fsp3) is 1.00. The molecule has 0 aromatic heterocycles. The quantitative estimate of drug-likeness (QED) is 0.201. The van der Waals surface area contributed by atoms with E-state index in [0.29, 0.717) is 0 Å². The molecule has 0 aliphatic heterocycles. The zero-order valence-electron chi connectivity index (χ0n) is 11.3. The van der Waals surface area contributed by atoms with Crippen molar-refractivity contribution in [3.8, 4) is 0 Å². The Labute approximate surface area is 207 Å². The van der Waals surface area contributed by atoms with Gasteiger partial charge in [0.15, 0.2) is 0 Å². The fourth-order valence-electron chi connectivity index (χ4n) is 1.75. The van der Waals surface area contributed by atoms with E-state index in [1.807, 2.05) is 0 Å². The molecule has 23 heavy (non-hydrogen) atoms. The zero-order valence-corrected chi connectivity index (χ0v) is 21.5. The molecule has 0 unspecified atom stereocenters. The van der Waals surface area contributed by atoms with Crippen LogP contribution in [0.4, 0.5) is 0 Å². The molecule has 0 bridgehead atoms. The third-order valence-corrected chi connectivity index (χ3v) is 5.80. The molecule has 0 radical (unpaired) electrons. The monoisotopic (exact) mass is 564 g/mol. The summed E-state index contributed by atoms with van der Waals surface area (Å²) in [5.41, 5.74) is -3.16. The first-order chi connectivity index (χ1) is 8.83. The van der Waals surface area contributed by atoms with Gasteiger partial charge in [-0.2, -0.15) is 0 Å². The van der Waals surface area contributed by atoms with Gasteiger partial charge in [0.05, 0.1) is 40.5 Å². The number of hydrogen-bond donors (Lipinski definition) is 0. The minimum Gasteiger partial charge on any atom is -0.748 e. The molecule has 0 aromatic rings. The van der Waals surface area contributed by atoms with Crippen molar-refractivity contribution in [3.63, 3.8) is 0 Å². The van der Waals surface area contributed by atoms with Gasteiger partial charge in [-0.1, -0.05) is 0 Å².